The Morgan fingerprint density at radius 2 is 2.50 bits per heavy atom. The molecule has 1 saturated heterocycles. The second-order valence-electron chi connectivity index (χ2n) is 3.99. The van der Waals surface area contributed by atoms with E-state index in [9.17, 15) is 0 Å². The number of rotatable bonds is 4. The quantitative estimate of drug-likeness (QED) is 0.826. The summed E-state index contributed by atoms with van der Waals surface area (Å²) in [7, 11) is 0. The zero-order valence-electron chi connectivity index (χ0n) is 9.15. The Hall–Kier alpha value is -1.60. The highest BCUT2D eigenvalue weighted by atomic mass is 16.5. The van der Waals surface area contributed by atoms with Crippen LogP contribution in [0.2, 0.25) is 0 Å². The molecular formula is C12H15N3O. The van der Waals surface area contributed by atoms with Crippen molar-refractivity contribution in [2.75, 3.05) is 19.7 Å². The Morgan fingerprint density at radius 1 is 1.56 bits per heavy atom. The summed E-state index contributed by atoms with van der Waals surface area (Å²) >= 11 is 0. The van der Waals surface area contributed by atoms with Crippen LogP contribution in [0.15, 0.2) is 18.3 Å². The van der Waals surface area contributed by atoms with Crippen LogP contribution in [0.5, 0.6) is 5.75 Å². The number of nitrogens with one attached hydrogen (secondary N) is 1. The van der Waals surface area contributed by atoms with Crippen LogP contribution in [-0.4, -0.2) is 24.7 Å². The Bertz CT molecular complexity index is 363. The topological polar surface area (TPSA) is 57.9 Å². The maximum Gasteiger partial charge on any atom is 0.140 e. The van der Waals surface area contributed by atoms with Crippen molar-refractivity contribution in [3.8, 4) is 11.8 Å². The molecule has 1 aliphatic rings. The van der Waals surface area contributed by atoms with Crippen LogP contribution < -0.4 is 10.1 Å². The van der Waals surface area contributed by atoms with Crippen molar-refractivity contribution in [1.82, 2.24) is 10.3 Å². The molecule has 1 aliphatic heterocycles. The zero-order chi connectivity index (χ0) is 11.2. The van der Waals surface area contributed by atoms with Gasteiger partial charge in [-0.2, -0.15) is 5.26 Å². The second kappa shape index (κ2) is 5.47. The average molecular weight is 217 g/mol. The molecule has 2 rings (SSSR count). The Balaban J connectivity index is 1.74. The van der Waals surface area contributed by atoms with Crippen molar-refractivity contribution in [3.05, 3.63) is 24.0 Å². The van der Waals surface area contributed by atoms with E-state index in [4.69, 9.17) is 10.00 Å². The van der Waals surface area contributed by atoms with Crippen molar-refractivity contribution in [2.45, 2.75) is 12.8 Å². The molecule has 1 atom stereocenters. The number of aromatic nitrogens is 1. The van der Waals surface area contributed by atoms with Gasteiger partial charge in [-0.3, -0.25) is 0 Å². The number of hydrogen-bond donors (Lipinski definition) is 1. The highest BCUT2D eigenvalue weighted by Gasteiger charge is 2.13. The highest BCUT2D eigenvalue weighted by molar-refractivity contribution is 5.26. The van der Waals surface area contributed by atoms with Crippen LogP contribution in [0.3, 0.4) is 0 Å². The van der Waals surface area contributed by atoms with Crippen molar-refractivity contribution in [1.29, 1.82) is 5.26 Å². The molecule has 4 nitrogen and oxygen atoms in total. The van der Waals surface area contributed by atoms with E-state index < -0.39 is 0 Å². The largest absolute Gasteiger partial charge is 0.492 e. The van der Waals surface area contributed by atoms with Crippen molar-refractivity contribution >= 4 is 0 Å². The predicted molar refractivity (Wildman–Crippen MR) is 60.0 cm³/mol. The van der Waals surface area contributed by atoms with Gasteiger partial charge in [0.25, 0.3) is 0 Å². The summed E-state index contributed by atoms with van der Waals surface area (Å²) in [6, 6.07) is 5.44. The van der Waals surface area contributed by atoms with Gasteiger partial charge in [-0.05, 0) is 44.0 Å². The standard InChI is InChI=1S/C12H15N3O/c13-7-11-1-2-12(9-15-11)16-6-4-10-3-5-14-8-10/h1-2,9-10,14H,3-6,8H2. The predicted octanol–water partition coefficient (Wildman–Crippen LogP) is 1.33. The van der Waals surface area contributed by atoms with E-state index in [-0.39, 0.29) is 0 Å². The van der Waals surface area contributed by atoms with Crippen LogP contribution >= 0.6 is 0 Å². The molecule has 1 N–H and O–H groups in total. The first-order chi connectivity index (χ1) is 7.88. The van der Waals surface area contributed by atoms with Gasteiger partial charge >= 0.3 is 0 Å². The lowest BCUT2D eigenvalue weighted by Crippen LogP contribution is -2.11. The van der Waals surface area contributed by atoms with Gasteiger partial charge in [-0.15, -0.1) is 0 Å². The van der Waals surface area contributed by atoms with Gasteiger partial charge < -0.3 is 10.1 Å². The minimum absolute atomic E-state index is 0.423. The normalized spacial score (nSPS) is 19.3. The maximum absolute atomic E-state index is 8.59. The Kier molecular flexibility index (Phi) is 3.73. The van der Waals surface area contributed by atoms with E-state index in [1.54, 1.807) is 18.3 Å². The third kappa shape index (κ3) is 2.94. The van der Waals surface area contributed by atoms with Gasteiger partial charge in [-0.1, -0.05) is 0 Å². The molecule has 0 spiro atoms. The number of nitriles is 1. The molecule has 0 aliphatic carbocycles. The number of pyridine rings is 1. The lowest BCUT2D eigenvalue weighted by molar-refractivity contribution is 0.282. The molecule has 0 aromatic carbocycles. The molecule has 0 bridgehead atoms. The van der Waals surface area contributed by atoms with Gasteiger partial charge in [0, 0.05) is 0 Å². The van der Waals surface area contributed by atoms with E-state index in [1.807, 2.05) is 6.07 Å². The molecule has 4 heteroatoms. The van der Waals surface area contributed by atoms with E-state index >= 15 is 0 Å². The van der Waals surface area contributed by atoms with E-state index in [1.165, 1.54) is 6.42 Å². The number of hydrogen-bond acceptors (Lipinski definition) is 4. The highest BCUT2D eigenvalue weighted by Crippen LogP contribution is 2.14. The molecule has 0 saturated carbocycles. The molecular weight excluding hydrogens is 202 g/mol. The summed E-state index contributed by atoms with van der Waals surface area (Å²) < 4.78 is 5.57. The molecule has 0 amide bonds. The van der Waals surface area contributed by atoms with E-state index in [0.717, 1.165) is 37.8 Å². The van der Waals surface area contributed by atoms with Crippen LogP contribution in [0, 0.1) is 17.2 Å². The molecule has 1 aromatic rings. The molecule has 1 unspecified atom stereocenters. The molecule has 1 fully saturated rings. The molecule has 2 heterocycles. The third-order valence-corrected chi connectivity index (χ3v) is 2.81. The smallest absolute Gasteiger partial charge is 0.140 e. The van der Waals surface area contributed by atoms with E-state index in [2.05, 4.69) is 10.3 Å². The van der Waals surface area contributed by atoms with Gasteiger partial charge in [0.2, 0.25) is 0 Å². The Labute approximate surface area is 95.3 Å². The summed E-state index contributed by atoms with van der Waals surface area (Å²) in [6.07, 6.45) is 3.92. The summed E-state index contributed by atoms with van der Waals surface area (Å²) in [5.41, 5.74) is 0.423. The fraction of sp³-hybridized carbons (Fsp3) is 0.500. The summed E-state index contributed by atoms with van der Waals surface area (Å²) in [5, 5.41) is 11.9. The molecule has 84 valence electrons. The van der Waals surface area contributed by atoms with Crippen molar-refractivity contribution < 1.29 is 4.74 Å². The average Bonchev–Trinajstić information content (AvgIpc) is 2.83. The fourth-order valence-electron chi connectivity index (χ4n) is 1.84. The fourth-order valence-corrected chi connectivity index (χ4v) is 1.84. The molecule has 0 radical (unpaired) electrons. The van der Waals surface area contributed by atoms with Crippen molar-refractivity contribution in [2.24, 2.45) is 5.92 Å². The summed E-state index contributed by atoms with van der Waals surface area (Å²) in [4.78, 5) is 3.95. The first kappa shape index (κ1) is 10.9. The van der Waals surface area contributed by atoms with Crippen LogP contribution in [0.4, 0.5) is 0 Å². The van der Waals surface area contributed by atoms with Gasteiger partial charge in [0.1, 0.15) is 17.5 Å². The SMILES string of the molecule is N#Cc1ccc(OCCC2CCNC2)cn1. The maximum atomic E-state index is 8.59. The minimum atomic E-state index is 0.423. The number of ether oxygens (including phenoxy) is 1. The molecule has 16 heavy (non-hydrogen) atoms. The minimum Gasteiger partial charge on any atom is -0.492 e. The lowest BCUT2D eigenvalue weighted by atomic mass is 10.1. The van der Waals surface area contributed by atoms with Gasteiger partial charge in [0.05, 0.1) is 12.8 Å². The van der Waals surface area contributed by atoms with Crippen LogP contribution in [-0.2, 0) is 0 Å². The van der Waals surface area contributed by atoms with Crippen LogP contribution in [0.1, 0.15) is 18.5 Å². The summed E-state index contributed by atoms with van der Waals surface area (Å²) in [5.74, 6) is 1.48. The second-order valence-corrected chi connectivity index (χ2v) is 3.99. The van der Waals surface area contributed by atoms with Gasteiger partial charge in [0.15, 0.2) is 0 Å². The monoisotopic (exact) mass is 217 g/mol. The third-order valence-electron chi connectivity index (χ3n) is 2.81. The first-order valence-electron chi connectivity index (χ1n) is 5.58. The van der Waals surface area contributed by atoms with E-state index in [0.29, 0.717) is 5.69 Å². The first-order valence-corrected chi connectivity index (χ1v) is 5.58. The molecule has 1 aromatic heterocycles. The Morgan fingerprint density at radius 3 is 3.12 bits per heavy atom. The van der Waals surface area contributed by atoms with Gasteiger partial charge in [-0.25, -0.2) is 4.98 Å². The lowest BCUT2D eigenvalue weighted by Gasteiger charge is -2.09. The number of nitrogens with zero attached hydrogens (tertiary/aromatic N) is 2. The van der Waals surface area contributed by atoms with Crippen LogP contribution in [0.25, 0.3) is 0 Å². The summed E-state index contributed by atoms with van der Waals surface area (Å²) in [6.45, 7) is 2.96. The van der Waals surface area contributed by atoms with Crippen molar-refractivity contribution in [3.63, 3.8) is 0 Å². The zero-order valence-corrected chi connectivity index (χ0v) is 9.15.